The Labute approximate surface area is 106 Å². The quantitative estimate of drug-likeness (QED) is 0.692. The average molecular weight is 263 g/mol. The van der Waals surface area contributed by atoms with E-state index >= 15 is 0 Å². The van der Waals surface area contributed by atoms with Gasteiger partial charge in [-0.2, -0.15) is 0 Å². The maximum absolute atomic E-state index is 11.3. The van der Waals surface area contributed by atoms with Crippen molar-refractivity contribution in [1.29, 1.82) is 0 Å². The number of carboxylic acids is 2. The molecule has 0 aromatic heterocycles. The molecule has 0 heterocycles. The molecule has 1 fully saturated rings. The highest BCUT2D eigenvalue weighted by atomic mass is 35.5. The van der Waals surface area contributed by atoms with Crippen LogP contribution in [0.2, 0.25) is 0 Å². The Morgan fingerprint density at radius 3 is 2.24 bits per heavy atom. The molecule has 98 valence electrons. The van der Waals surface area contributed by atoms with E-state index in [2.05, 4.69) is 0 Å². The maximum Gasteiger partial charge on any atom is 0.309 e. The Kier molecular flexibility index (Phi) is 5.25. The van der Waals surface area contributed by atoms with Crippen LogP contribution in [0.3, 0.4) is 0 Å². The topological polar surface area (TPSA) is 74.6 Å². The molecule has 1 aliphatic carbocycles. The highest BCUT2D eigenvalue weighted by Crippen LogP contribution is 2.44. The summed E-state index contributed by atoms with van der Waals surface area (Å²) in [6.45, 7) is 0. The van der Waals surface area contributed by atoms with Crippen molar-refractivity contribution in [3.05, 3.63) is 0 Å². The van der Waals surface area contributed by atoms with Crippen LogP contribution >= 0.6 is 11.6 Å². The Balaban J connectivity index is 2.69. The van der Waals surface area contributed by atoms with E-state index in [0.717, 1.165) is 12.8 Å². The van der Waals surface area contributed by atoms with Crippen molar-refractivity contribution in [2.75, 3.05) is 5.88 Å². The number of carbonyl (C=O) groups is 2. The van der Waals surface area contributed by atoms with Gasteiger partial charge in [-0.15, -0.1) is 11.6 Å². The monoisotopic (exact) mass is 262 g/mol. The summed E-state index contributed by atoms with van der Waals surface area (Å²) in [5.41, 5.74) is -0.810. The Morgan fingerprint density at radius 2 is 1.82 bits per heavy atom. The Hall–Kier alpha value is -0.770. The molecule has 4 nitrogen and oxygen atoms in total. The van der Waals surface area contributed by atoms with E-state index in [0.29, 0.717) is 31.6 Å². The number of rotatable bonds is 7. The first-order chi connectivity index (χ1) is 8.02. The zero-order chi connectivity index (χ0) is 12.9. The van der Waals surface area contributed by atoms with Gasteiger partial charge >= 0.3 is 11.9 Å². The van der Waals surface area contributed by atoms with Crippen LogP contribution in [0.5, 0.6) is 0 Å². The van der Waals surface area contributed by atoms with E-state index in [-0.39, 0.29) is 6.42 Å². The number of hydrogen-bond acceptors (Lipinski definition) is 2. The van der Waals surface area contributed by atoms with Crippen molar-refractivity contribution in [3.63, 3.8) is 0 Å². The number of aliphatic carboxylic acids is 2. The third-order valence-corrected chi connectivity index (χ3v) is 3.95. The first-order valence-electron chi connectivity index (χ1n) is 6.04. The second-order valence-electron chi connectivity index (χ2n) is 4.86. The molecule has 1 atom stereocenters. The van der Waals surface area contributed by atoms with Gasteiger partial charge in [-0.3, -0.25) is 9.59 Å². The molecule has 1 saturated carbocycles. The van der Waals surface area contributed by atoms with Gasteiger partial charge in [0.25, 0.3) is 0 Å². The molecule has 0 saturated heterocycles. The molecule has 1 unspecified atom stereocenters. The summed E-state index contributed by atoms with van der Waals surface area (Å²) in [5, 5.41) is 18.4. The third-order valence-electron chi connectivity index (χ3n) is 3.69. The summed E-state index contributed by atoms with van der Waals surface area (Å²) in [6, 6.07) is 0. The Morgan fingerprint density at radius 1 is 1.24 bits per heavy atom. The summed E-state index contributed by atoms with van der Waals surface area (Å²) >= 11 is 5.55. The highest BCUT2D eigenvalue weighted by Gasteiger charge is 2.44. The van der Waals surface area contributed by atoms with Gasteiger partial charge in [0.1, 0.15) is 0 Å². The van der Waals surface area contributed by atoms with Crippen LogP contribution < -0.4 is 0 Å². The van der Waals surface area contributed by atoms with Crippen molar-refractivity contribution >= 4 is 23.5 Å². The summed E-state index contributed by atoms with van der Waals surface area (Å²) in [5.74, 6) is -1.90. The van der Waals surface area contributed by atoms with Gasteiger partial charge in [0.2, 0.25) is 0 Å². The lowest BCUT2D eigenvalue weighted by atomic mass is 9.76. The average Bonchev–Trinajstić information content (AvgIpc) is 2.73. The van der Waals surface area contributed by atoms with Crippen molar-refractivity contribution in [1.82, 2.24) is 0 Å². The molecule has 0 bridgehead atoms. The van der Waals surface area contributed by atoms with Gasteiger partial charge in [0, 0.05) is 5.88 Å². The first-order valence-corrected chi connectivity index (χ1v) is 6.57. The largest absolute Gasteiger partial charge is 0.481 e. The van der Waals surface area contributed by atoms with Crippen LogP contribution in [0, 0.1) is 11.3 Å². The van der Waals surface area contributed by atoms with Crippen LogP contribution in [0.15, 0.2) is 0 Å². The van der Waals surface area contributed by atoms with E-state index in [9.17, 15) is 14.7 Å². The second kappa shape index (κ2) is 6.24. The molecular formula is C12H19ClO4. The second-order valence-corrected chi connectivity index (χ2v) is 5.24. The minimum atomic E-state index is -0.900. The van der Waals surface area contributed by atoms with Crippen molar-refractivity contribution in [3.8, 4) is 0 Å². The minimum Gasteiger partial charge on any atom is -0.481 e. The van der Waals surface area contributed by atoms with Crippen LogP contribution in [0.1, 0.15) is 44.9 Å². The van der Waals surface area contributed by atoms with Crippen molar-refractivity contribution in [2.24, 2.45) is 11.3 Å². The summed E-state index contributed by atoms with van der Waals surface area (Å²) in [4.78, 5) is 22.5. The van der Waals surface area contributed by atoms with Gasteiger partial charge in [0.05, 0.1) is 11.3 Å². The lowest BCUT2D eigenvalue weighted by Gasteiger charge is -2.27. The van der Waals surface area contributed by atoms with E-state index in [1.807, 2.05) is 0 Å². The van der Waals surface area contributed by atoms with Gasteiger partial charge < -0.3 is 10.2 Å². The molecule has 0 spiro atoms. The van der Waals surface area contributed by atoms with Gasteiger partial charge in [0.15, 0.2) is 0 Å². The SMILES string of the molecule is O=C(O)C(CCCCl)CC1(C(=O)O)CCCC1. The fraction of sp³-hybridized carbons (Fsp3) is 0.833. The molecule has 0 aromatic carbocycles. The lowest BCUT2D eigenvalue weighted by Crippen LogP contribution is -2.32. The molecule has 1 rings (SSSR count). The molecule has 2 N–H and O–H groups in total. The van der Waals surface area contributed by atoms with E-state index in [1.165, 1.54) is 0 Å². The zero-order valence-electron chi connectivity index (χ0n) is 9.82. The number of carboxylic acid groups (broad SMARTS) is 2. The Bertz CT molecular complexity index is 284. The lowest BCUT2D eigenvalue weighted by molar-refractivity contribution is -0.152. The minimum absolute atomic E-state index is 0.245. The first kappa shape index (κ1) is 14.3. The van der Waals surface area contributed by atoms with E-state index in [4.69, 9.17) is 16.7 Å². The van der Waals surface area contributed by atoms with Crippen LogP contribution in [-0.4, -0.2) is 28.0 Å². The molecule has 0 aromatic rings. The number of hydrogen-bond donors (Lipinski definition) is 2. The van der Waals surface area contributed by atoms with Crippen LogP contribution in [-0.2, 0) is 9.59 Å². The molecule has 1 aliphatic rings. The van der Waals surface area contributed by atoms with Crippen LogP contribution in [0.25, 0.3) is 0 Å². The van der Waals surface area contributed by atoms with Gasteiger partial charge in [-0.05, 0) is 32.1 Å². The summed E-state index contributed by atoms with van der Waals surface area (Å²) in [7, 11) is 0. The predicted molar refractivity (Wildman–Crippen MR) is 64.2 cm³/mol. The maximum atomic E-state index is 11.3. The normalized spacial score (nSPS) is 20.1. The van der Waals surface area contributed by atoms with Gasteiger partial charge in [-0.1, -0.05) is 12.8 Å². The number of alkyl halides is 1. The van der Waals surface area contributed by atoms with Crippen molar-refractivity contribution < 1.29 is 19.8 Å². The van der Waals surface area contributed by atoms with Gasteiger partial charge in [-0.25, -0.2) is 0 Å². The number of halogens is 1. The molecule has 0 aliphatic heterocycles. The molecule has 17 heavy (non-hydrogen) atoms. The van der Waals surface area contributed by atoms with E-state index < -0.39 is 23.3 Å². The fourth-order valence-corrected chi connectivity index (χ4v) is 2.82. The summed E-state index contributed by atoms with van der Waals surface area (Å²) in [6.07, 6.45) is 4.30. The molecule has 0 amide bonds. The standard InChI is InChI=1S/C12H19ClO4/c13-7-3-4-9(10(14)15)8-12(11(16)17)5-1-2-6-12/h9H,1-8H2,(H,14,15)(H,16,17). The highest BCUT2D eigenvalue weighted by molar-refractivity contribution is 6.17. The molecule has 5 heteroatoms. The van der Waals surface area contributed by atoms with Crippen LogP contribution in [0.4, 0.5) is 0 Å². The van der Waals surface area contributed by atoms with Crippen molar-refractivity contribution in [2.45, 2.75) is 44.9 Å². The summed E-state index contributed by atoms with van der Waals surface area (Å²) < 4.78 is 0. The molecule has 0 radical (unpaired) electrons. The zero-order valence-corrected chi connectivity index (χ0v) is 10.6. The van der Waals surface area contributed by atoms with E-state index in [1.54, 1.807) is 0 Å². The smallest absolute Gasteiger partial charge is 0.309 e. The fourth-order valence-electron chi connectivity index (χ4n) is 2.67. The molecular weight excluding hydrogens is 244 g/mol. The predicted octanol–water partition coefficient (Wildman–Crippen LogP) is 2.74. The third kappa shape index (κ3) is 3.60.